The zero-order valence-corrected chi connectivity index (χ0v) is 14.7. The molecule has 1 N–H and O–H groups in total. The summed E-state index contributed by atoms with van der Waals surface area (Å²) >= 11 is 0. The number of benzene rings is 1. The van der Waals surface area contributed by atoms with Crippen molar-refractivity contribution in [2.24, 2.45) is 0 Å². The summed E-state index contributed by atoms with van der Waals surface area (Å²) in [4.78, 5) is 29.7. The second kappa shape index (κ2) is 7.66. The lowest BCUT2D eigenvalue weighted by atomic mass is 9.91. The Morgan fingerprint density at radius 1 is 1.00 bits per heavy atom. The number of amides is 1. The molecule has 1 aliphatic carbocycles. The first-order valence-corrected chi connectivity index (χ1v) is 8.67. The van der Waals surface area contributed by atoms with Gasteiger partial charge in [-0.05, 0) is 43.9 Å². The minimum atomic E-state index is -0.0495. The van der Waals surface area contributed by atoms with E-state index in [0.29, 0.717) is 22.8 Å². The molecule has 0 unspecified atom stereocenters. The number of hydrogen-bond acceptors (Lipinski definition) is 3. The minimum absolute atomic E-state index is 0.00140. The van der Waals surface area contributed by atoms with Crippen molar-refractivity contribution in [1.29, 1.82) is 0 Å². The molecule has 1 aromatic carbocycles. The van der Waals surface area contributed by atoms with Gasteiger partial charge < -0.3 is 14.6 Å². The van der Waals surface area contributed by atoms with E-state index in [0.717, 1.165) is 25.7 Å². The van der Waals surface area contributed by atoms with E-state index in [1.165, 1.54) is 0 Å². The monoisotopic (exact) mass is 340 g/mol. The molecule has 3 rings (SSSR count). The fourth-order valence-electron chi connectivity index (χ4n) is 3.43. The van der Waals surface area contributed by atoms with Gasteiger partial charge in [0.25, 0.3) is 5.91 Å². The quantitative estimate of drug-likeness (QED) is 0.850. The van der Waals surface area contributed by atoms with Crippen LogP contribution in [0.1, 0.15) is 52.0 Å². The Morgan fingerprint density at radius 2 is 1.64 bits per heavy atom. The third-order valence-electron chi connectivity index (χ3n) is 5.10. The van der Waals surface area contributed by atoms with Crippen molar-refractivity contribution < 1.29 is 14.3 Å². The van der Waals surface area contributed by atoms with Gasteiger partial charge in [0.05, 0.1) is 6.10 Å². The second-order valence-electron chi connectivity index (χ2n) is 6.59. The summed E-state index contributed by atoms with van der Waals surface area (Å²) in [6.45, 7) is 0. The molecule has 1 heterocycles. The van der Waals surface area contributed by atoms with Gasteiger partial charge in [0.15, 0.2) is 5.78 Å². The summed E-state index contributed by atoms with van der Waals surface area (Å²) < 4.78 is 5.39. The van der Waals surface area contributed by atoms with E-state index in [1.54, 1.807) is 49.8 Å². The van der Waals surface area contributed by atoms with Gasteiger partial charge >= 0.3 is 0 Å². The summed E-state index contributed by atoms with van der Waals surface area (Å²) in [7, 11) is 3.61. The first-order valence-electron chi connectivity index (χ1n) is 8.67. The molecule has 0 bridgehead atoms. The summed E-state index contributed by atoms with van der Waals surface area (Å²) in [6.07, 6.45) is 7.61. The van der Waals surface area contributed by atoms with Crippen LogP contribution >= 0.6 is 0 Å². The first-order chi connectivity index (χ1) is 12.1. The molecule has 25 heavy (non-hydrogen) atoms. The van der Waals surface area contributed by atoms with Crippen molar-refractivity contribution in [2.45, 2.75) is 37.8 Å². The van der Waals surface area contributed by atoms with Crippen molar-refractivity contribution in [2.75, 3.05) is 14.2 Å². The molecule has 1 fully saturated rings. The van der Waals surface area contributed by atoms with E-state index < -0.39 is 0 Å². The molecule has 132 valence electrons. The van der Waals surface area contributed by atoms with Crippen molar-refractivity contribution in [3.63, 3.8) is 0 Å². The van der Waals surface area contributed by atoms with Crippen molar-refractivity contribution in [3.8, 4) is 0 Å². The van der Waals surface area contributed by atoms with Crippen LogP contribution in [-0.2, 0) is 4.74 Å². The third kappa shape index (κ3) is 3.82. The molecule has 5 nitrogen and oxygen atoms in total. The van der Waals surface area contributed by atoms with E-state index >= 15 is 0 Å². The highest BCUT2D eigenvalue weighted by Crippen LogP contribution is 2.25. The highest BCUT2D eigenvalue weighted by Gasteiger charge is 2.27. The lowest BCUT2D eigenvalue weighted by molar-refractivity contribution is 0.0386. The Kier molecular flexibility index (Phi) is 5.34. The number of aromatic amines is 1. The number of methoxy groups -OCH3 is 1. The molecule has 2 aromatic rings. The average molecular weight is 340 g/mol. The summed E-state index contributed by atoms with van der Waals surface area (Å²) in [5.74, 6) is -0.0481. The number of ketones is 1. The number of hydrogen-bond donors (Lipinski definition) is 1. The van der Waals surface area contributed by atoms with Crippen LogP contribution in [0, 0.1) is 0 Å². The number of nitrogens with zero attached hydrogens (tertiary/aromatic N) is 1. The van der Waals surface area contributed by atoms with Gasteiger partial charge in [0.2, 0.25) is 0 Å². The molecule has 0 saturated heterocycles. The Morgan fingerprint density at radius 3 is 2.20 bits per heavy atom. The average Bonchev–Trinajstić information content (AvgIpc) is 3.21. The maximum atomic E-state index is 12.7. The van der Waals surface area contributed by atoms with Gasteiger partial charge in [-0.3, -0.25) is 9.59 Å². The van der Waals surface area contributed by atoms with Gasteiger partial charge in [-0.25, -0.2) is 0 Å². The van der Waals surface area contributed by atoms with Crippen LogP contribution in [-0.4, -0.2) is 47.9 Å². The minimum Gasteiger partial charge on any atom is -0.381 e. The number of H-pyrrole nitrogens is 1. The van der Waals surface area contributed by atoms with E-state index in [1.807, 2.05) is 11.9 Å². The van der Waals surface area contributed by atoms with Crippen LogP contribution < -0.4 is 0 Å². The van der Waals surface area contributed by atoms with E-state index in [2.05, 4.69) is 4.98 Å². The van der Waals surface area contributed by atoms with Crippen LogP contribution in [0.25, 0.3) is 0 Å². The zero-order chi connectivity index (χ0) is 17.8. The molecular weight excluding hydrogens is 316 g/mol. The van der Waals surface area contributed by atoms with Crippen molar-refractivity contribution in [3.05, 3.63) is 59.4 Å². The lowest BCUT2D eigenvalue weighted by Gasteiger charge is -2.34. The lowest BCUT2D eigenvalue weighted by Crippen LogP contribution is -2.40. The maximum Gasteiger partial charge on any atom is 0.253 e. The van der Waals surface area contributed by atoms with Gasteiger partial charge in [-0.1, -0.05) is 12.1 Å². The van der Waals surface area contributed by atoms with Gasteiger partial charge in [0.1, 0.15) is 0 Å². The van der Waals surface area contributed by atoms with Crippen LogP contribution in [0.15, 0.2) is 42.7 Å². The van der Waals surface area contributed by atoms with Crippen LogP contribution in [0.2, 0.25) is 0 Å². The molecule has 0 radical (unpaired) electrons. The number of ether oxygens (including phenoxy) is 1. The Hall–Kier alpha value is -2.40. The predicted molar refractivity (Wildman–Crippen MR) is 95.8 cm³/mol. The van der Waals surface area contributed by atoms with Crippen LogP contribution in [0.3, 0.4) is 0 Å². The molecule has 0 atom stereocenters. The molecule has 1 amide bonds. The second-order valence-corrected chi connectivity index (χ2v) is 6.59. The van der Waals surface area contributed by atoms with Crippen molar-refractivity contribution >= 4 is 11.7 Å². The Balaban J connectivity index is 1.65. The standard InChI is InChI=1S/C20H24N2O3/c1-22(17-7-9-18(25-2)10-8-17)20(24)15-5-3-14(4-6-15)19(23)16-11-12-21-13-16/h3-6,11-13,17-18,21H,7-10H2,1-2H3. The van der Waals surface area contributed by atoms with Crippen molar-refractivity contribution in [1.82, 2.24) is 9.88 Å². The fraction of sp³-hybridized carbons (Fsp3) is 0.400. The van der Waals surface area contributed by atoms with Crippen LogP contribution in [0.5, 0.6) is 0 Å². The number of carbonyl (C=O) groups is 2. The zero-order valence-electron chi connectivity index (χ0n) is 14.7. The normalized spacial score (nSPS) is 20.2. The van der Waals surface area contributed by atoms with Gasteiger partial charge in [-0.15, -0.1) is 0 Å². The largest absolute Gasteiger partial charge is 0.381 e. The highest BCUT2D eigenvalue weighted by molar-refractivity contribution is 6.09. The highest BCUT2D eigenvalue weighted by atomic mass is 16.5. The third-order valence-corrected chi connectivity index (χ3v) is 5.10. The Labute approximate surface area is 148 Å². The number of aromatic nitrogens is 1. The number of nitrogens with one attached hydrogen (secondary N) is 1. The summed E-state index contributed by atoms with van der Waals surface area (Å²) in [5, 5.41) is 0. The fourth-order valence-corrected chi connectivity index (χ4v) is 3.43. The van der Waals surface area contributed by atoms with E-state index in [4.69, 9.17) is 4.74 Å². The first kappa shape index (κ1) is 17.4. The summed E-state index contributed by atoms with van der Waals surface area (Å²) in [6, 6.07) is 8.90. The number of carbonyl (C=O) groups excluding carboxylic acids is 2. The molecule has 1 saturated carbocycles. The predicted octanol–water partition coefficient (Wildman–Crippen LogP) is 3.28. The molecular formula is C20H24N2O3. The van der Waals surface area contributed by atoms with E-state index in [9.17, 15) is 9.59 Å². The van der Waals surface area contributed by atoms with E-state index in [-0.39, 0.29) is 17.7 Å². The number of rotatable bonds is 5. The Bertz CT molecular complexity index is 714. The molecule has 5 heteroatoms. The molecule has 0 aliphatic heterocycles. The topological polar surface area (TPSA) is 62.4 Å². The van der Waals surface area contributed by atoms with Crippen LogP contribution in [0.4, 0.5) is 0 Å². The molecule has 1 aliphatic rings. The SMILES string of the molecule is COC1CCC(N(C)C(=O)c2ccc(C(=O)c3cc[nH]c3)cc2)CC1. The maximum absolute atomic E-state index is 12.7. The molecule has 0 spiro atoms. The molecule has 1 aromatic heterocycles. The smallest absolute Gasteiger partial charge is 0.253 e. The summed E-state index contributed by atoms with van der Waals surface area (Å²) in [5.41, 5.74) is 1.81. The van der Waals surface area contributed by atoms with Gasteiger partial charge in [0, 0.05) is 49.3 Å². The van der Waals surface area contributed by atoms with Gasteiger partial charge in [-0.2, -0.15) is 0 Å².